The second kappa shape index (κ2) is 5.21. The summed E-state index contributed by atoms with van der Waals surface area (Å²) < 4.78 is 5.09. The molecule has 0 unspecified atom stereocenters. The van der Waals surface area contributed by atoms with Crippen LogP contribution in [0.2, 0.25) is 0 Å². The van der Waals surface area contributed by atoms with Crippen molar-refractivity contribution in [3.63, 3.8) is 0 Å². The van der Waals surface area contributed by atoms with Crippen LogP contribution in [0.15, 0.2) is 24.3 Å². The van der Waals surface area contributed by atoms with Gasteiger partial charge >= 0.3 is 5.97 Å². The average molecular weight is 275 g/mol. The number of esters is 1. The van der Waals surface area contributed by atoms with Gasteiger partial charge in [-0.15, -0.1) is 0 Å². The van der Waals surface area contributed by atoms with Crippen LogP contribution in [0.4, 0.5) is 0 Å². The molecule has 0 spiro atoms. The molecule has 20 heavy (non-hydrogen) atoms. The van der Waals surface area contributed by atoms with Crippen molar-refractivity contribution in [3.8, 4) is 5.75 Å². The van der Waals surface area contributed by atoms with Gasteiger partial charge in [-0.05, 0) is 64.2 Å². The summed E-state index contributed by atoms with van der Waals surface area (Å²) in [6.07, 6.45) is 2.23. The van der Waals surface area contributed by atoms with E-state index in [0.717, 1.165) is 12.8 Å². The molecule has 1 aliphatic rings. The maximum atomic E-state index is 10.9. The number of rotatable bonds is 2. The third-order valence-corrected chi connectivity index (χ3v) is 3.80. The molecule has 0 atom stereocenters. The minimum absolute atomic E-state index is 0.140. The van der Waals surface area contributed by atoms with E-state index in [2.05, 4.69) is 45.1 Å². The van der Waals surface area contributed by atoms with Crippen LogP contribution >= 0.6 is 0 Å². The van der Waals surface area contributed by atoms with Crippen LogP contribution in [-0.2, 0) is 4.79 Å². The van der Waals surface area contributed by atoms with Crippen LogP contribution in [-0.4, -0.2) is 17.0 Å². The molecule has 1 saturated heterocycles. The smallest absolute Gasteiger partial charge is 0.308 e. The molecule has 1 N–H and O–H groups in total. The highest BCUT2D eigenvalue weighted by molar-refractivity contribution is 5.69. The number of nitrogens with one attached hydrogen (secondary N) is 1. The molecule has 1 aliphatic heterocycles. The first-order chi connectivity index (χ1) is 9.17. The number of hydrogen-bond acceptors (Lipinski definition) is 3. The Morgan fingerprint density at radius 2 is 1.60 bits per heavy atom. The summed E-state index contributed by atoms with van der Waals surface area (Å²) in [7, 11) is 0. The number of hydrogen-bond donors (Lipinski definition) is 1. The molecule has 0 bridgehead atoms. The highest BCUT2D eigenvalue weighted by Crippen LogP contribution is 2.39. The van der Waals surface area contributed by atoms with Gasteiger partial charge in [-0.25, -0.2) is 0 Å². The zero-order valence-corrected chi connectivity index (χ0v) is 13.1. The van der Waals surface area contributed by atoms with Gasteiger partial charge in [0.05, 0.1) is 0 Å². The largest absolute Gasteiger partial charge is 0.427 e. The molecule has 3 heteroatoms. The van der Waals surface area contributed by atoms with E-state index in [9.17, 15) is 4.79 Å². The molecule has 1 aromatic rings. The predicted molar refractivity (Wildman–Crippen MR) is 81.0 cm³/mol. The molecule has 0 amide bonds. The van der Waals surface area contributed by atoms with Crippen molar-refractivity contribution in [2.75, 3.05) is 0 Å². The van der Waals surface area contributed by atoms with Crippen LogP contribution < -0.4 is 10.1 Å². The van der Waals surface area contributed by atoms with Crippen molar-refractivity contribution >= 4 is 5.97 Å². The molecule has 0 aromatic heterocycles. The zero-order chi connectivity index (χ0) is 15.0. The SMILES string of the molecule is CC(=O)Oc1ccc(C2CC(C)(C)NC(C)(C)C2)cc1. The Bertz CT molecular complexity index is 472. The molecule has 1 aromatic carbocycles. The van der Waals surface area contributed by atoms with Gasteiger partial charge in [0.1, 0.15) is 5.75 Å². The van der Waals surface area contributed by atoms with Crippen molar-refractivity contribution in [3.05, 3.63) is 29.8 Å². The summed E-state index contributed by atoms with van der Waals surface area (Å²) in [5, 5.41) is 3.70. The number of piperidine rings is 1. The molecule has 2 rings (SSSR count). The van der Waals surface area contributed by atoms with E-state index in [1.54, 1.807) is 0 Å². The summed E-state index contributed by atoms with van der Waals surface area (Å²) in [4.78, 5) is 10.9. The maximum Gasteiger partial charge on any atom is 0.308 e. The Kier molecular flexibility index (Phi) is 3.92. The summed E-state index contributed by atoms with van der Waals surface area (Å²) in [6.45, 7) is 10.5. The van der Waals surface area contributed by atoms with Crippen molar-refractivity contribution in [1.29, 1.82) is 0 Å². The molecular weight excluding hydrogens is 250 g/mol. The van der Waals surface area contributed by atoms with Crippen LogP contribution in [0, 0.1) is 0 Å². The summed E-state index contributed by atoms with van der Waals surface area (Å²) in [5.41, 5.74) is 1.60. The van der Waals surface area contributed by atoms with Crippen molar-refractivity contribution in [2.45, 2.75) is 64.5 Å². The minimum atomic E-state index is -0.276. The fourth-order valence-electron chi connectivity index (χ4n) is 3.53. The topological polar surface area (TPSA) is 38.3 Å². The van der Waals surface area contributed by atoms with Gasteiger partial charge in [0.25, 0.3) is 0 Å². The molecule has 1 fully saturated rings. The van der Waals surface area contributed by atoms with E-state index >= 15 is 0 Å². The van der Waals surface area contributed by atoms with E-state index < -0.39 is 0 Å². The van der Waals surface area contributed by atoms with Crippen LogP contribution in [0.3, 0.4) is 0 Å². The zero-order valence-electron chi connectivity index (χ0n) is 13.1. The van der Waals surface area contributed by atoms with Crippen LogP contribution in [0.1, 0.15) is 58.9 Å². The Morgan fingerprint density at radius 1 is 1.10 bits per heavy atom. The molecule has 3 nitrogen and oxygen atoms in total. The average Bonchev–Trinajstić information content (AvgIpc) is 2.24. The fraction of sp³-hybridized carbons (Fsp3) is 0.588. The van der Waals surface area contributed by atoms with E-state index in [4.69, 9.17) is 4.74 Å². The standard InChI is InChI=1S/C17H25NO2/c1-12(19)20-15-8-6-13(7-9-15)14-10-16(2,3)18-17(4,5)11-14/h6-9,14,18H,10-11H2,1-5H3. The molecule has 0 saturated carbocycles. The van der Waals surface area contributed by atoms with Crippen LogP contribution in [0.25, 0.3) is 0 Å². The summed E-state index contributed by atoms with van der Waals surface area (Å²) in [5.74, 6) is 0.878. The predicted octanol–water partition coefficient (Wildman–Crippen LogP) is 3.64. The van der Waals surface area contributed by atoms with Gasteiger partial charge in [0, 0.05) is 18.0 Å². The Hall–Kier alpha value is -1.35. The monoisotopic (exact) mass is 275 g/mol. The first-order valence-corrected chi connectivity index (χ1v) is 7.25. The number of ether oxygens (including phenoxy) is 1. The van der Waals surface area contributed by atoms with Crippen LogP contribution in [0.5, 0.6) is 5.75 Å². The van der Waals surface area contributed by atoms with Crippen molar-refractivity contribution < 1.29 is 9.53 Å². The lowest BCUT2D eigenvalue weighted by molar-refractivity contribution is -0.131. The first-order valence-electron chi connectivity index (χ1n) is 7.25. The molecule has 0 radical (unpaired) electrons. The molecular formula is C17H25NO2. The van der Waals surface area contributed by atoms with Crippen molar-refractivity contribution in [2.24, 2.45) is 0 Å². The highest BCUT2D eigenvalue weighted by atomic mass is 16.5. The Balaban J connectivity index is 2.16. The summed E-state index contributed by atoms with van der Waals surface area (Å²) in [6, 6.07) is 7.94. The minimum Gasteiger partial charge on any atom is -0.427 e. The normalized spacial score (nSPS) is 21.4. The second-order valence-corrected chi connectivity index (χ2v) is 7.16. The van der Waals surface area contributed by atoms with E-state index in [1.807, 2.05) is 12.1 Å². The van der Waals surface area contributed by atoms with Gasteiger partial charge in [-0.2, -0.15) is 0 Å². The van der Waals surface area contributed by atoms with Gasteiger partial charge < -0.3 is 10.1 Å². The number of benzene rings is 1. The first kappa shape index (κ1) is 15.0. The van der Waals surface area contributed by atoms with Crippen molar-refractivity contribution in [1.82, 2.24) is 5.32 Å². The Morgan fingerprint density at radius 3 is 2.05 bits per heavy atom. The molecule has 1 heterocycles. The van der Waals surface area contributed by atoms with Gasteiger partial charge in [0.15, 0.2) is 0 Å². The van der Waals surface area contributed by atoms with Gasteiger partial charge in [-0.3, -0.25) is 4.79 Å². The highest BCUT2D eigenvalue weighted by Gasteiger charge is 2.38. The van der Waals surface area contributed by atoms with Gasteiger partial charge in [0.2, 0.25) is 0 Å². The fourth-order valence-corrected chi connectivity index (χ4v) is 3.53. The number of carbonyl (C=O) groups excluding carboxylic acids is 1. The lowest BCUT2D eigenvalue weighted by Gasteiger charge is -2.46. The third-order valence-electron chi connectivity index (χ3n) is 3.80. The maximum absolute atomic E-state index is 10.9. The second-order valence-electron chi connectivity index (χ2n) is 7.16. The lowest BCUT2D eigenvalue weighted by Crippen LogP contribution is -2.57. The van der Waals surface area contributed by atoms with E-state index in [-0.39, 0.29) is 17.0 Å². The van der Waals surface area contributed by atoms with E-state index in [0.29, 0.717) is 11.7 Å². The molecule has 0 aliphatic carbocycles. The number of carbonyl (C=O) groups is 1. The quantitative estimate of drug-likeness (QED) is 0.661. The van der Waals surface area contributed by atoms with Gasteiger partial charge in [-0.1, -0.05) is 12.1 Å². The lowest BCUT2D eigenvalue weighted by atomic mass is 9.73. The summed E-state index contributed by atoms with van der Waals surface area (Å²) >= 11 is 0. The molecule has 110 valence electrons. The Labute approximate surface area is 121 Å². The van der Waals surface area contributed by atoms with E-state index in [1.165, 1.54) is 12.5 Å². The third kappa shape index (κ3) is 3.83.